The number of H-pyrrole nitrogens is 1. The van der Waals surface area contributed by atoms with Crippen molar-refractivity contribution in [3.63, 3.8) is 0 Å². The molecule has 0 unspecified atom stereocenters. The zero-order valence-electron chi connectivity index (χ0n) is 21.1. The van der Waals surface area contributed by atoms with Crippen molar-refractivity contribution in [3.8, 4) is 23.5 Å². The Morgan fingerprint density at radius 2 is 1.86 bits per heavy atom. The van der Waals surface area contributed by atoms with Crippen LogP contribution in [-0.2, 0) is 6.42 Å². The predicted octanol–water partition coefficient (Wildman–Crippen LogP) is 5.59. The molecule has 0 atom stereocenters. The highest BCUT2D eigenvalue weighted by molar-refractivity contribution is 5.97. The number of nitriles is 1. The van der Waals surface area contributed by atoms with Crippen LogP contribution in [0.25, 0.3) is 11.4 Å². The van der Waals surface area contributed by atoms with E-state index in [1.807, 2.05) is 36.1 Å². The summed E-state index contributed by atoms with van der Waals surface area (Å²) in [4.78, 5) is 20.3. The van der Waals surface area contributed by atoms with Crippen LogP contribution in [0.2, 0.25) is 0 Å². The van der Waals surface area contributed by atoms with Gasteiger partial charge in [-0.1, -0.05) is 37.6 Å². The average molecular weight is 484 g/mol. The first kappa shape index (κ1) is 24.1. The molecule has 1 saturated carbocycles. The van der Waals surface area contributed by atoms with E-state index in [2.05, 4.69) is 40.3 Å². The maximum Gasteiger partial charge on any atom is 0.335 e. The lowest BCUT2D eigenvalue weighted by Crippen LogP contribution is -2.38. The van der Waals surface area contributed by atoms with Crippen LogP contribution in [0.1, 0.15) is 90.4 Å². The van der Waals surface area contributed by atoms with Crippen LogP contribution < -0.4 is 4.74 Å². The highest BCUT2D eigenvalue weighted by Crippen LogP contribution is 2.42. The second kappa shape index (κ2) is 10.5. The molecule has 1 aliphatic carbocycles. The smallest absolute Gasteiger partial charge is 0.335 e. The second-order valence-electron chi connectivity index (χ2n) is 9.74. The molecule has 0 spiro atoms. The minimum Gasteiger partial charge on any atom is -0.463 e. The van der Waals surface area contributed by atoms with Crippen molar-refractivity contribution >= 4 is 5.91 Å². The van der Waals surface area contributed by atoms with E-state index in [1.165, 1.54) is 12.0 Å². The maximum absolute atomic E-state index is 13.8. The number of aromatic amines is 1. The number of ether oxygens (including phenoxy) is 1. The van der Waals surface area contributed by atoms with Crippen LogP contribution in [0.4, 0.5) is 0 Å². The summed E-state index contributed by atoms with van der Waals surface area (Å²) >= 11 is 0. The Morgan fingerprint density at radius 3 is 2.53 bits per heavy atom. The van der Waals surface area contributed by atoms with E-state index in [9.17, 15) is 10.1 Å². The summed E-state index contributed by atoms with van der Waals surface area (Å²) in [6, 6.07) is 14.7. The average Bonchev–Trinajstić information content (AvgIpc) is 3.35. The molecule has 1 N–H and O–H groups in total. The number of nitrogens with one attached hydrogen (secondary N) is 1. The lowest BCUT2D eigenvalue weighted by atomic mass is 9.76. The summed E-state index contributed by atoms with van der Waals surface area (Å²) in [5.74, 6) is 1.53. The monoisotopic (exact) mass is 483 g/mol. The third-order valence-corrected chi connectivity index (χ3v) is 7.73. The first-order valence-corrected chi connectivity index (χ1v) is 13.1. The molecule has 0 radical (unpaired) electrons. The van der Waals surface area contributed by atoms with Gasteiger partial charge >= 0.3 is 6.01 Å². The molecule has 36 heavy (non-hydrogen) atoms. The van der Waals surface area contributed by atoms with Crippen molar-refractivity contribution in [2.45, 2.75) is 64.2 Å². The molecule has 2 aliphatic rings. The Morgan fingerprint density at radius 1 is 1.11 bits per heavy atom. The Balaban J connectivity index is 1.42. The third-order valence-electron chi connectivity index (χ3n) is 7.73. The van der Waals surface area contributed by atoms with Gasteiger partial charge in [-0.05, 0) is 79.7 Å². The number of rotatable bonds is 7. The van der Waals surface area contributed by atoms with Crippen LogP contribution in [0.15, 0.2) is 36.4 Å². The van der Waals surface area contributed by atoms with Crippen LogP contribution in [0.5, 0.6) is 6.01 Å². The summed E-state index contributed by atoms with van der Waals surface area (Å²) in [5.41, 5.74) is 5.89. The predicted molar refractivity (Wildman–Crippen MR) is 138 cm³/mol. The quantitative estimate of drug-likeness (QED) is 0.473. The summed E-state index contributed by atoms with van der Waals surface area (Å²) < 4.78 is 5.48. The molecule has 2 aromatic carbocycles. The summed E-state index contributed by atoms with van der Waals surface area (Å²) in [7, 11) is 0. The van der Waals surface area contributed by atoms with Crippen molar-refractivity contribution in [1.29, 1.82) is 5.26 Å². The van der Waals surface area contributed by atoms with Gasteiger partial charge in [-0.2, -0.15) is 10.2 Å². The number of likely N-dealkylation sites (tertiary alicyclic amines) is 1. The second-order valence-corrected chi connectivity index (χ2v) is 9.74. The van der Waals surface area contributed by atoms with Gasteiger partial charge < -0.3 is 9.64 Å². The summed E-state index contributed by atoms with van der Waals surface area (Å²) in [6.07, 6.45) is 6.07. The molecule has 0 bridgehead atoms. The molecule has 1 aliphatic heterocycles. The molecule has 5 rings (SSSR count). The van der Waals surface area contributed by atoms with E-state index in [1.54, 1.807) is 0 Å². The fourth-order valence-electron chi connectivity index (χ4n) is 5.50. The number of amides is 1. The number of aromatic nitrogens is 3. The first-order valence-electron chi connectivity index (χ1n) is 13.1. The molecule has 1 aromatic heterocycles. The number of aryl methyl sites for hydroxylation is 1. The molecular weight excluding hydrogens is 450 g/mol. The fourth-order valence-corrected chi connectivity index (χ4v) is 5.50. The van der Waals surface area contributed by atoms with Crippen LogP contribution in [0.3, 0.4) is 0 Å². The number of benzene rings is 2. The lowest BCUT2D eigenvalue weighted by Gasteiger charge is -2.33. The minimum absolute atomic E-state index is 0.0739. The zero-order chi connectivity index (χ0) is 25.1. The fraction of sp³-hybridized carbons (Fsp3) is 0.448. The Bertz CT molecular complexity index is 1280. The van der Waals surface area contributed by atoms with E-state index < -0.39 is 0 Å². The van der Waals surface area contributed by atoms with Crippen LogP contribution in [-0.4, -0.2) is 45.7 Å². The van der Waals surface area contributed by atoms with E-state index in [4.69, 9.17) is 4.74 Å². The molecular formula is C29H33N5O2. The lowest BCUT2D eigenvalue weighted by molar-refractivity contribution is 0.0712. The minimum atomic E-state index is 0.0739. The van der Waals surface area contributed by atoms with E-state index in [-0.39, 0.29) is 5.91 Å². The van der Waals surface area contributed by atoms with Gasteiger partial charge in [0.25, 0.3) is 5.91 Å². The van der Waals surface area contributed by atoms with E-state index in [0.717, 1.165) is 59.9 Å². The first-order chi connectivity index (χ1) is 17.6. The van der Waals surface area contributed by atoms with Gasteiger partial charge in [0.05, 0.1) is 18.2 Å². The normalized spacial score (nSPS) is 16.4. The number of hydrogen-bond acceptors (Lipinski definition) is 5. The van der Waals surface area contributed by atoms with E-state index >= 15 is 0 Å². The Labute approximate surface area is 212 Å². The van der Waals surface area contributed by atoms with Crippen molar-refractivity contribution in [1.82, 2.24) is 20.1 Å². The summed E-state index contributed by atoms with van der Waals surface area (Å²) in [6.45, 7) is 5.89. The zero-order valence-corrected chi connectivity index (χ0v) is 21.1. The van der Waals surface area contributed by atoms with Gasteiger partial charge in [0.2, 0.25) is 0 Å². The molecule has 2 fully saturated rings. The highest BCUT2D eigenvalue weighted by Gasteiger charge is 2.30. The van der Waals surface area contributed by atoms with Gasteiger partial charge in [-0.3, -0.25) is 9.89 Å². The van der Waals surface area contributed by atoms with Gasteiger partial charge in [0, 0.05) is 24.2 Å². The maximum atomic E-state index is 13.8. The number of nitrogens with zero attached hydrogens (tertiary/aromatic N) is 4. The van der Waals surface area contributed by atoms with Crippen molar-refractivity contribution < 1.29 is 9.53 Å². The van der Waals surface area contributed by atoms with E-state index in [0.29, 0.717) is 43.4 Å². The molecule has 186 valence electrons. The Hall–Kier alpha value is -3.66. The largest absolute Gasteiger partial charge is 0.463 e. The van der Waals surface area contributed by atoms with Gasteiger partial charge in [-0.25, -0.2) is 0 Å². The molecule has 7 heteroatoms. The van der Waals surface area contributed by atoms with Crippen molar-refractivity contribution in [2.24, 2.45) is 0 Å². The third kappa shape index (κ3) is 4.60. The standard InChI is InChI=1S/C29H33N5O2/c1-3-19-16-24(20-9-7-10-20)26(27-31-29(33-32-27)36-4-2)17-25(19)28(35)34-14-12-21(13-15-34)23-11-6-5-8-22(23)18-30/h5-6,8,11,16-17,20-21H,3-4,7,9-10,12-15H2,1-2H3,(H,31,32,33). The number of carbonyl (C=O) groups is 1. The topological polar surface area (TPSA) is 94.9 Å². The molecule has 1 amide bonds. The molecule has 2 heterocycles. The van der Waals surface area contributed by atoms with Crippen molar-refractivity contribution in [3.05, 3.63) is 64.2 Å². The molecule has 7 nitrogen and oxygen atoms in total. The van der Waals surface area contributed by atoms with Gasteiger partial charge in [-0.15, -0.1) is 5.10 Å². The number of carbonyl (C=O) groups excluding carboxylic acids is 1. The molecule has 1 saturated heterocycles. The van der Waals surface area contributed by atoms with Crippen molar-refractivity contribution in [2.75, 3.05) is 19.7 Å². The van der Waals surface area contributed by atoms with Crippen LogP contribution in [0, 0.1) is 11.3 Å². The molecule has 3 aromatic rings. The number of piperidine rings is 1. The summed E-state index contributed by atoms with van der Waals surface area (Å²) in [5, 5.41) is 16.7. The highest BCUT2D eigenvalue weighted by atomic mass is 16.5. The van der Waals surface area contributed by atoms with Gasteiger partial charge in [0.1, 0.15) is 0 Å². The van der Waals surface area contributed by atoms with Gasteiger partial charge in [0.15, 0.2) is 5.82 Å². The SMILES string of the molecule is CCOc1n[nH]c(-c2cc(C(=O)N3CCC(c4ccccc4C#N)CC3)c(CC)cc2C2CCC2)n1. The number of hydrogen-bond donors (Lipinski definition) is 1. The Kier molecular flexibility index (Phi) is 7.04. The van der Waals surface area contributed by atoms with Crippen LogP contribution >= 0.6 is 0 Å².